The van der Waals surface area contributed by atoms with Crippen LogP contribution in [0.2, 0.25) is 0 Å². The van der Waals surface area contributed by atoms with Crippen LogP contribution in [0.25, 0.3) is 17.2 Å². The smallest absolute Gasteiger partial charge is 0.270 e. The number of carbonyl (C=O) groups excluding carboxylic acids is 1. The molecule has 0 aliphatic carbocycles. The van der Waals surface area contributed by atoms with Gasteiger partial charge in [0.05, 0.1) is 25.1 Å². The molecule has 0 bridgehead atoms. The van der Waals surface area contributed by atoms with Gasteiger partial charge in [-0.3, -0.25) is 14.9 Å². The van der Waals surface area contributed by atoms with E-state index in [1.807, 2.05) is 42.5 Å². The molecule has 174 valence electrons. The lowest BCUT2D eigenvalue weighted by Crippen LogP contribution is -2.46. The zero-order valence-electron chi connectivity index (χ0n) is 19.4. The number of amides is 1. The molecular formula is C28H30N3O3+. The number of hydrogen-bond acceptors (Lipinski definition) is 3. The Morgan fingerprint density at radius 1 is 0.971 bits per heavy atom. The van der Waals surface area contributed by atoms with Crippen LogP contribution in [0, 0.1) is 10.1 Å². The van der Waals surface area contributed by atoms with E-state index in [-0.39, 0.29) is 11.6 Å². The Morgan fingerprint density at radius 2 is 1.65 bits per heavy atom. The van der Waals surface area contributed by atoms with Crippen LogP contribution in [0.4, 0.5) is 11.4 Å². The van der Waals surface area contributed by atoms with Crippen LogP contribution >= 0.6 is 0 Å². The molecular weight excluding hydrogens is 426 g/mol. The lowest BCUT2D eigenvalue weighted by molar-refractivity contribution is -0.926. The molecule has 0 atom stereocenters. The molecule has 1 amide bonds. The van der Waals surface area contributed by atoms with Crippen molar-refractivity contribution < 1.29 is 14.2 Å². The van der Waals surface area contributed by atoms with E-state index in [2.05, 4.69) is 24.5 Å². The summed E-state index contributed by atoms with van der Waals surface area (Å²) in [6, 6.07) is 22.2. The highest BCUT2D eigenvalue weighted by Crippen LogP contribution is 2.25. The Balaban J connectivity index is 1.37. The first-order valence-corrected chi connectivity index (χ1v) is 11.7. The SMILES string of the molecule is C[N+]1(Cc2ccc(NC(=O)/C=C/c3cccc(-c4cccc([N+](=O)[O-])c4)c3)cc2)CCCCC1. The van der Waals surface area contributed by atoms with Gasteiger partial charge in [0, 0.05) is 29.5 Å². The third-order valence-corrected chi connectivity index (χ3v) is 6.39. The molecule has 1 heterocycles. The summed E-state index contributed by atoms with van der Waals surface area (Å²) in [5.74, 6) is -0.205. The number of nitrogens with one attached hydrogen (secondary N) is 1. The molecule has 0 unspecified atom stereocenters. The minimum absolute atomic E-state index is 0.0515. The van der Waals surface area contributed by atoms with E-state index in [0.29, 0.717) is 0 Å². The van der Waals surface area contributed by atoms with Crippen LogP contribution in [0.5, 0.6) is 0 Å². The number of benzene rings is 3. The summed E-state index contributed by atoms with van der Waals surface area (Å²) in [7, 11) is 2.33. The first-order chi connectivity index (χ1) is 16.4. The van der Waals surface area contributed by atoms with Gasteiger partial charge in [-0.25, -0.2) is 0 Å². The van der Waals surface area contributed by atoms with Gasteiger partial charge in [0.2, 0.25) is 5.91 Å². The molecule has 0 aromatic heterocycles. The summed E-state index contributed by atoms with van der Waals surface area (Å²) in [5.41, 5.74) is 4.56. The van der Waals surface area contributed by atoms with Crippen LogP contribution in [0.3, 0.4) is 0 Å². The number of anilines is 1. The van der Waals surface area contributed by atoms with Gasteiger partial charge in [-0.1, -0.05) is 42.5 Å². The molecule has 3 aromatic rings. The van der Waals surface area contributed by atoms with Crippen molar-refractivity contribution in [2.45, 2.75) is 25.8 Å². The molecule has 34 heavy (non-hydrogen) atoms. The fraction of sp³-hybridized carbons (Fsp3) is 0.250. The number of quaternary nitrogens is 1. The number of likely N-dealkylation sites (tertiary alicyclic amines) is 1. The first-order valence-electron chi connectivity index (χ1n) is 11.7. The Hall–Kier alpha value is -3.77. The Morgan fingerprint density at radius 3 is 2.35 bits per heavy atom. The molecule has 6 nitrogen and oxygen atoms in total. The number of nitro groups is 1. The average molecular weight is 457 g/mol. The molecule has 0 radical (unpaired) electrons. The van der Waals surface area contributed by atoms with E-state index in [9.17, 15) is 14.9 Å². The van der Waals surface area contributed by atoms with Gasteiger partial charge in [0.15, 0.2) is 0 Å². The number of carbonyl (C=O) groups is 1. The number of rotatable bonds is 7. The van der Waals surface area contributed by atoms with Crippen LogP contribution in [-0.2, 0) is 11.3 Å². The molecule has 0 spiro atoms. The number of nitrogens with zero attached hydrogens (tertiary/aromatic N) is 2. The fourth-order valence-corrected chi connectivity index (χ4v) is 4.54. The van der Waals surface area contributed by atoms with Crippen molar-refractivity contribution >= 4 is 23.4 Å². The largest absolute Gasteiger partial charge is 0.323 e. The van der Waals surface area contributed by atoms with Crippen molar-refractivity contribution in [1.82, 2.24) is 0 Å². The highest BCUT2D eigenvalue weighted by molar-refractivity contribution is 6.02. The highest BCUT2D eigenvalue weighted by atomic mass is 16.6. The Kier molecular flexibility index (Phi) is 7.18. The second kappa shape index (κ2) is 10.4. The lowest BCUT2D eigenvalue weighted by Gasteiger charge is -2.37. The van der Waals surface area contributed by atoms with Gasteiger partial charge < -0.3 is 9.80 Å². The maximum absolute atomic E-state index is 12.4. The number of non-ortho nitro benzene ring substituents is 1. The first kappa shape index (κ1) is 23.4. The van der Waals surface area contributed by atoms with E-state index >= 15 is 0 Å². The maximum Gasteiger partial charge on any atom is 0.270 e. The zero-order valence-corrected chi connectivity index (χ0v) is 19.4. The third-order valence-electron chi connectivity index (χ3n) is 6.39. The van der Waals surface area contributed by atoms with Gasteiger partial charge in [0.25, 0.3) is 5.69 Å². The molecule has 1 fully saturated rings. The Labute approximate surface area is 200 Å². The summed E-state index contributed by atoms with van der Waals surface area (Å²) >= 11 is 0. The van der Waals surface area contributed by atoms with Gasteiger partial charge in [-0.2, -0.15) is 0 Å². The van der Waals surface area contributed by atoms with Crippen molar-refractivity contribution in [3.8, 4) is 11.1 Å². The number of hydrogen-bond donors (Lipinski definition) is 1. The number of piperidine rings is 1. The van der Waals surface area contributed by atoms with Crippen LogP contribution in [0.1, 0.15) is 30.4 Å². The van der Waals surface area contributed by atoms with Crippen molar-refractivity contribution in [1.29, 1.82) is 0 Å². The predicted octanol–water partition coefficient (Wildman–Crippen LogP) is 6.04. The summed E-state index contributed by atoms with van der Waals surface area (Å²) < 4.78 is 1.09. The van der Waals surface area contributed by atoms with E-state index in [1.54, 1.807) is 18.2 Å². The second-order valence-electron chi connectivity index (χ2n) is 9.24. The van der Waals surface area contributed by atoms with Crippen molar-refractivity contribution in [2.24, 2.45) is 0 Å². The fourth-order valence-electron chi connectivity index (χ4n) is 4.54. The third kappa shape index (κ3) is 6.17. The molecule has 6 heteroatoms. The van der Waals surface area contributed by atoms with Gasteiger partial charge in [-0.05, 0) is 60.2 Å². The molecule has 1 saturated heterocycles. The lowest BCUT2D eigenvalue weighted by atomic mass is 10.0. The number of nitro benzene ring substituents is 1. The van der Waals surface area contributed by atoms with Gasteiger partial charge in [0.1, 0.15) is 6.54 Å². The highest BCUT2D eigenvalue weighted by Gasteiger charge is 2.24. The normalized spacial score (nSPS) is 15.2. The predicted molar refractivity (Wildman–Crippen MR) is 136 cm³/mol. The van der Waals surface area contributed by atoms with Gasteiger partial charge >= 0.3 is 0 Å². The Bertz CT molecular complexity index is 1200. The average Bonchev–Trinajstić information content (AvgIpc) is 2.84. The van der Waals surface area contributed by atoms with E-state index in [1.165, 1.54) is 50.1 Å². The molecule has 1 N–H and O–H groups in total. The standard InChI is InChI=1S/C28H29N3O3/c1-31(17-3-2-4-18-31)21-23-11-14-26(15-12-23)29-28(32)16-13-22-7-5-8-24(19-22)25-9-6-10-27(20-25)30(33)34/h5-16,19-20H,2-4,17-18,21H2,1H3/p+1/b16-13+. The molecule has 0 saturated carbocycles. The second-order valence-corrected chi connectivity index (χ2v) is 9.24. The summed E-state index contributed by atoms with van der Waals surface area (Å²) in [6.45, 7) is 3.48. The van der Waals surface area contributed by atoms with Crippen molar-refractivity contribution in [3.05, 3.63) is 100 Å². The van der Waals surface area contributed by atoms with E-state index in [4.69, 9.17) is 0 Å². The summed E-state index contributed by atoms with van der Waals surface area (Å²) in [5, 5.41) is 14.0. The molecule has 3 aromatic carbocycles. The zero-order chi connectivity index (χ0) is 24.0. The van der Waals surface area contributed by atoms with Crippen LogP contribution < -0.4 is 5.32 Å². The van der Waals surface area contributed by atoms with Gasteiger partial charge in [-0.15, -0.1) is 0 Å². The molecule has 4 rings (SSSR count). The van der Waals surface area contributed by atoms with Crippen LogP contribution in [-0.4, -0.2) is 35.5 Å². The summed E-state index contributed by atoms with van der Waals surface area (Å²) in [6.07, 6.45) is 7.17. The monoisotopic (exact) mass is 456 g/mol. The molecule has 1 aliphatic heterocycles. The van der Waals surface area contributed by atoms with E-state index in [0.717, 1.165) is 33.4 Å². The van der Waals surface area contributed by atoms with Crippen molar-refractivity contribution in [3.63, 3.8) is 0 Å². The van der Waals surface area contributed by atoms with Crippen molar-refractivity contribution in [2.75, 3.05) is 25.5 Å². The summed E-state index contributed by atoms with van der Waals surface area (Å²) in [4.78, 5) is 23.1. The van der Waals surface area contributed by atoms with E-state index < -0.39 is 4.92 Å². The minimum Gasteiger partial charge on any atom is -0.323 e. The minimum atomic E-state index is -0.403. The topological polar surface area (TPSA) is 72.2 Å². The maximum atomic E-state index is 12.4. The molecule has 1 aliphatic rings. The quantitative estimate of drug-likeness (QED) is 0.204. The van der Waals surface area contributed by atoms with Crippen LogP contribution in [0.15, 0.2) is 78.9 Å².